The average molecular weight is 1340 g/mol. The summed E-state index contributed by atoms with van der Waals surface area (Å²) < 4.78 is 34.8. The quantitative estimate of drug-likeness (QED) is 0.0211. The molecule has 0 saturated carbocycles. The second-order valence-electron chi connectivity index (χ2n) is 28.8. The Morgan fingerprint density at radius 3 is 0.904 bits per heavy atom. The number of phosphoric ester groups is 1. The molecule has 0 aliphatic heterocycles. The highest BCUT2D eigenvalue weighted by Gasteiger charge is 2.27. The first-order valence-electron chi connectivity index (χ1n) is 40.7. The zero-order valence-electron chi connectivity index (χ0n) is 63.0. The highest BCUT2D eigenvalue weighted by atomic mass is 31.2. The molecule has 1 N–H and O–H groups in total. The van der Waals surface area contributed by atoms with Crippen LogP contribution in [0, 0.1) is 0 Å². The van der Waals surface area contributed by atoms with E-state index in [0.717, 1.165) is 83.5 Å². The summed E-state index contributed by atoms with van der Waals surface area (Å²) in [5.41, 5.74) is 0. The van der Waals surface area contributed by atoms with Gasteiger partial charge in [-0.3, -0.25) is 18.6 Å². The summed E-state index contributed by atoms with van der Waals surface area (Å²) in [4.78, 5) is 36.0. The van der Waals surface area contributed by atoms with Gasteiger partial charge in [0.15, 0.2) is 6.10 Å². The topological polar surface area (TPSA) is 108 Å². The van der Waals surface area contributed by atoms with Crippen LogP contribution < -0.4 is 0 Å². The van der Waals surface area contributed by atoms with Gasteiger partial charge in [-0.1, -0.05) is 395 Å². The van der Waals surface area contributed by atoms with Crippen molar-refractivity contribution in [3.05, 3.63) is 72.9 Å². The minimum Gasteiger partial charge on any atom is -0.462 e. The van der Waals surface area contributed by atoms with Crippen LogP contribution in [0.4, 0.5) is 0 Å². The molecule has 0 saturated heterocycles. The van der Waals surface area contributed by atoms with Gasteiger partial charge in [0.1, 0.15) is 19.8 Å². The van der Waals surface area contributed by atoms with Crippen LogP contribution in [-0.4, -0.2) is 74.9 Å². The summed E-state index contributed by atoms with van der Waals surface area (Å²) in [7, 11) is 1.48. The van der Waals surface area contributed by atoms with Gasteiger partial charge in [-0.15, -0.1) is 0 Å². The molecule has 0 aromatic carbocycles. The largest absolute Gasteiger partial charge is 0.472 e. The lowest BCUT2D eigenvalue weighted by atomic mass is 10.0. The van der Waals surface area contributed by atoms with Crippen LogP contribution in [0.5, 0.6) is 0 Å². The first-order valence-corrected chi connectivity index (χ1v) is 42.2. The standard InChI is InChI=1S/C84H156NO8P/c1-6-8-10-12-14-16-18-20-22-24-26-28-30-32-34-36-37-38-39-40-41-42-43-44-45-46-47-49-50-52-54-56-58-60-62-64-66-68-70-72-74-76-83(86)90-80-82(81-92-94(88,89)91-79-78-85(3,4)5)93-84(87)77-75-73-71-69-67-65-63-61-59-57-55-53-51-48-35-33-31-29-27-25-23-21-19-17-15-13-11-9-7-2/h9,11,15,17,21,23,27,29,33,35,51,53,82H,6-8,10,12-14,16,18-20,22,24-26,28,30-32,34,36-50,52,54-81H2,1-5H3/p+1/b11-9-,17-15-,23-21-,29-27-,35-33-,53-51-. The summed E-state index contributed by atoms with van der Waals surface area (Å²) >= 11 is 0. The van der Waals surface area contributed by atoms with Crippen molar-refractivity contribution in [3.8, 4) is 0 Å². The SMILES string of the molecule is CC/C=C\C/C=C\C/C=C\C/C=C\C/C=C\C/C=C\CCCCCCCCCCCCC(=O)OC(COC(=O)CCCCCCCCCCCCCCCCCCCCCCCCCCCCCCCCCCCCCCCCCCC)COP(=O)(O)OCC[N+](C)(C)C. The molecule has 0 spiro atoms. The summed E-state index contributed by atoms with van der Waals surface area (Å²) in [6.07, 6.45) is 102. The molecule has 0 radical (unpaired) electrons. The van der Waals surface area contributed by atoms with Crippen LogP contribution in [-0.2, 0) is 32.7 Å². The van der Waals surface area contributed by atoms with E-state index in [4.69, 9.17) is 18.5 Å². The minimum absolute atomic E-state index is 0.0300. The third-order valence-corrected chi connectivity index (χ3v) is 19.2. The van der Waals surface area contributed by atoms with Crippen LogP contribution in [0.1, 0.15) is 399 Å². The van der Waals surface area contributed by atoms with Crippen molar-refractivity contribution in [2.75, 3.05) is 47.5 Å². The number of quaternary nitrogens is 1. The Hall–Kier alpha value is -2.55. The summed E-state index contributed by atoms with van der Waals surface area (Å²) in [5.74, 6) is -0.787. The summed E-state index contributed by atoms with van der Waals surface area (Å²) in [6.45, 7) is 4.37. The Balaban J connectivity index is 3.90. The Bertz CT molecular complexity index is 1820. The number of unbranched alkanes of at least 4 members (excludes halogenated alkanes) is 50. The van der Waals surface area contributed by atoms with Gasteiger partial charge in [-0.25, -0.2) is 4.57 Å². The predicted molar refractivity (Wildman–Crippen MR) is 409 cm³/mol. The zero-order chi connectivity index (χ0) is 68.3. The lowest BCUT2D eigenvalue weighted by Crippen LogP contribution is -2.37. The molecule has 2 atom stereocenters. The molecule has 10 heteroatoms. The monoisotopic (exact) mass is 1340 g/mol. The summed E-state index contributed by atoms with van der Waals surface area (Å²) in [6, 6.07) is 0. The molecule has 0 aromatic heterocycles. The number of hydrogen-bond donors (Lipinski definition) is 1. The fraction of sp³-hybridized carbons (Fsp3) is 0.833. The second kappa shape index (κ2) is 74.7. The molecule has 550 valence electrons. The van der Waals surface area contributed by atoms with Gasteiger partial charge >= 0.3 is 19.8 Å². The van der Waals surface area contributed by atoms with Gasteiger partial charge in [0.05, 0.1) is 27.7 Å². The molecule has 9 nitrogen and oxygen atoms in total. The van der Waals surface area contributed by atoms with E-state index in [1.54, 1.807) is 0 Å². The van der Waals surface area contributed by atoms with Gasteiger partial charge in [-0.05, 0) is 64.2 Å². The molecule has 0 bridgehead atoms. The van der Waals surface area contributed by atoms with Crippen molar-refractivity contribution in [3.63, 3.8) is 0 Å². The number of carbonyl (C=O) groups excluding carboxylic acids is 2. The maximum absolute atomic E-state index is 12.9. The number of nitrogens with zero attached hydrogens (tertiary/aromatic N) is 1. The van der Waals surface area contributed by atoms with Crippen LogP contribution in [0.15, 0.2) is 72.9 Å². The van der Waals surface area contributed by atoms with E-state index in [0.29, 0.717) is 23.9 Å². The predicted octanol–water partition coefficient (Wildman–Crippen LogP) is 27.1. The van der Waals surface area contributed by atoms with Gasteiger partial charge in [0.2, 0.25) is 0 Å². The van der Waals surface area contributed by atoms with Crippen LogP contribution >= 0.6 is 7.82 Å². The fourth-order valence-electron chi connectivity index (χ4n) is 12.1. The molecule has 0 fully saturated rings. The molecular formula is C84H157NO8P+. The average Bonchev–Trinajstić information content (AvgIpc) is 1.65. The van der Waals surface area contributed by atoms with E-state index in [1.807, 2.05) is 21.1 Å². The number of phosphoric acid groups is 1. The van der Waals surface area contributed by atoms with Crippen molar-refractivity contribution in [1.29, 1.82) is 0 Å². The first-order chi connectivity index (χ1) is 46.0. The Kier molecular flexibility index (Phi) is 72.6. The molecule has 0 aliphatic carbocycles. The van der Waals surface area contributed by atoms with Gasteiger partial charge in [0, 0.05) is 12.8 Å². The maximum atomic E-state index is 12.9. The molecule has 94 heavy (non-hydrogen) atoms. The Morgan fingerprint density at radius 1 is 0.340 bits per heavy atom. The molecule has 0 aromatic rings. The number of rotatable bonds is 76. The number of esters is 2. The van der Waals surface area contributed by atoms with Crippen LogP contribution in [0.25, 0.3) is 0 Å². The third kappa shape index (κ3) is 78.4. The number of ether oxygens (including phenoxy) is 2. The normalized spacial score (nSPS) is 13.4. The van der Waals surface area contributed by atoms with E-state index in [-0.39, 0.29) is 25.6 Å². The fourth-order valence-corrected chi connectivity index (χ4v) is 12.8. The number of likely N-dealkylation sites (N-methyl/N-ethyl adjacent to an activating group) is 1. The van der Waals surface area contributed by atoms with Crippen molar-refractivity contribution >= 4 is 19.8 Å². The van der Waals surface area contributed by atoms with E-state index in [2.05, 4.69) is 86.8 Å². The maximum Gasteiger partial charge on any atom is 0.472 e. The first kappa shape index (κ1) is 91.4. The number of hydrogen-bond acceptors (Lipinski definition) is 7. The lowest BCUT2D eigenvalue weighted by molar-refractivity contribution is -0.870. The van der Waals surface area contributed by atoms with E-state index in [1.165, 1.54) is 283 Å². The second-order valence-corrected chi connectivity index (χ2v) is 30.2. The Labute approximate surface area is 584 Å². The van der Waals surface area contributed by atoms with Crippen LogP contribution in [0.3, 0.4) is 0 Å². The highest BCUT2D eigenvalue weighted by Crippen LogP contribution is 2.43. The number of allylic oxidation sites excluding steroid dienone is 12. The van der Waals surface area contributed by atoms with Crippen molar-refractivity contribution < 1.29 is 42.1 Å². The molecule has 0 heterocycles. The van der Waals surface area contributed by atoms with E-state index >= 15 is 0 Å². The lowest BCUT2D eigenvalue weighted by Gasteiger charge is -2.24. The molecule has 0 amide bonds. The third-order valence-electron chi connectivity index (χ3n) is 18.3. The zero-order valence-corrected chi connectivity index (χ0v) is 63.9. The molecule has 0 rings (SSSR count). The van der Waals surface area contributed by atoms with Crippen molar-refractivity contribution in [2.45, 2.75) is 405 Å². The minimum atomic E-state index is -4.40. The molecular weight excluding hydrogens is 1180 g/mol. The Morgan fingerprint density at radius 2 is 0.606 bits per heavy atom. The molecule has 0 aliphatic rings. The summed E-state index contributed by atoms with van der Waals surface area (Å²) in [5, 5.41) is 0. The molecule has 2 unspecified atom stereocenters. The van der Waals surface area contributed by atoms with E-state index in [9.17, 15) is 19.0 Å². The van der Waals surface area contributed by atoms with Crippen LogP contribution in [0.2, 0.25) is 0 Å². The highest BCUT2D eigenvalue weighted by molar-refractivity contribution is 7.47. The van der Waals surface area contributed by atoms with E-state index < -0.39 is 26.5 Å². The smallest absolute Gasteiger partial charge is 0.462 e. The van der Waals surface area contributed by atoms with Gasteiger partial charge < -0.3 is 18.9 Å². The van der Waals surface area contributed by atoms with Crippen molar-refractivity contribution in [2.24, 2.45) is 0 Å². The van der Waals surface area contributed by atoms with Crippen molar-refractivity contribution in [1.82, 2.24) is 0 Å². The number of carbonyl (C=O) groups is 2. The van der Waals surface area contributed by atoms with Gasteiger partial charge in [0.25, 0.3) is 0 Å². The van der Waals surface area contributed by atoms with Gasteiger partial charge in [-0.2, -0.15) is 0 Å².